The summed E-state index contributed by atoms with van der Waals surface area (Å²) in [6.07, 6.45) is 3.04. The van der Waals surface area contributed by atoms with E-state index in [1.807, 2.05) is 18.2 Å². The molecule has 4 heteroatoms. The number of aliphatic hydroxyl groups excluding tert-OH is 1. The molecule has 0 spiro atoms. The van der Waals surface area contributed by atoms with Crippen LogP contribution in [0.2, 0.25) is 0 Å². The fourth-order valence-corrected chi connectivity index (χ4v) is 2.42. The van der Waals surface area contributed by atoms with E-state index in [4.69, 9.17) is 4.74 Å². The summed E-state index contributed by atoms with van der Waals surface area (Å²) in [6, 6.07) is 8.05. The van der Waals surface area contributed by atoms with Gasteiger partial charge >= 0.3 is 0 Å². The van der Waals surface area contributed by atoms with Crippen LogP contribution in [0.1, 0.15) is 33.1 Å². The largest absolute Gasteiger partial charge is 0.495 e. The molecule has 0 radical (unpaired) electrons. The fraction of sp³-hybridized carbons (Fsp3) is 0.647. The quantitative estimate of drug-likeness (QED) is 0.696. The van der Waals surface area contributed by atoms with Crippen molar-refractivity contribution in [3.63, 3.8) is 0 Å². The van der Waals surface area contributed by atoms with Crippen molar-refractivity contribution in [3.8, 4) is 5.75 Å². The Kier molecular flexibility index (Phi) is 7.54. The molecule has 0 aliphatic rings. The van der Waals surface area contributed by atoms with Gasteiger partial charge in [-0.15, -0.1) is 0 Å². The summed E-state index contributed by atoms with van der Waals surface area (Å²) in [5, 5.41) is 13.0. The Morgan fingerprint density at radius 1 is 1.33 bits per heavy atom. The van der Waals surface area contributed by atoms with Crippen molar-refractivity contribution in [2.24, 2.45) is 0 Å². The zero-order valence-corrected chi connectivity index (χ0v) is 13.9. The van der Waals surface area contributed by atoms with Crippen molar-refractivity contribution in [1.82, 2.24) is 5.32 Å². The highest BCUT2D eigenvalue weighted by molar-refractivity contribution is 5.57. The monoisotopic (exact) mass is 294 g/mol. The molecule has 0 aliphatic carbocycles. The van der Waals surface area contributed by atoms with Crippen molar-refractivity contribution in [2.75, 3.05) is 38.8 Å². The molecule has 0 saturated carbocycles. The van der Waals surface area contributed by atoms with Crippen LogP contribution in [0, 0.1) is 0 Å². The Labute approximate surface area is 129 Å². The molecule has 120 valence electrons. The first-order chi connectivity index (χ1) is 10.1. The number of aliphatic hydroxyl groups is 1. The van der Waals surface area contributed by atoms with E-state index in [2.05, 4.69) is 37.2 Å². The molecule has 0 amide bonds. The molecule has 0 saturated heterocycles. The number of hydrogen-bond donors (Lipinski definition) is 2. The van der Waals surface area contributed by atoms with Gasteiger partial charge in [0.1, 0.15) is 5.75 Å². The molecule has 21 heavy (non-hydrogen) atoms. The Morgan fingerprint density at radius 2 is 2.05 bits per heavy atom. The van der Waals surface area contributed by atoms with E-state index >= 15 is 0 Å². The molecule has 1 unspecified atom stereocenters. The van der Waals surface area contributed by atoms with Crippen molar-refractivity contribution >= 4 is 5.69 Å². The molecule has 1 aromatic carbocycles. The number of ether oxygens (including phenoxy) is 1. The van der Waals surface area contributed by atoms with Gasteiger partial charge in [0, 0.05) is 19.1 Å². The Balaban J connectivity index is 2.50. The van der Waals surface area contributed by atoms with Crippen LogP contribution in [0.3, 0.4) is 0 Å². The summed E-state index contributed by atoms with van der Waals surface area (Å²) in [7, 11) is 3.78. The van der Waals surface area contributed by atoms with Crippen LogP contribution in [0.5, 0.6) is 5.75 Å². The number of hydrogen-bond acceptors (Lipinski definition) is 4. The first-order valence-electron chi connectivity index (χ1n) is 7.76. The zero-order valence-electron chi connectivity index (χ0n) is 13.9. The van der Waals surface area contributed by atoms with Crippen LogP contribution < -0.4 is 15.0 Å². The summed E-state index contributed by atoms with van der Waals surface area (Å²) in [5.74, 6) is 0.897. The van der Waals surface area contributed by atoms with Crippen LogP contribution in [0.15, 0.2) is 24.3 Å². The summed E-state index contributed by atoms with van der Waals surface area (Å²) in [4.78, 5) is 2.20. The van der Waals surface area contributed by atoms with Gasteiger partial charge in [-0.2, -0.15) is 0 Å². The molecule has 0 fully saturated rings. The summed E-state index contributed by atoms with van der Waals surface area (Å²) >= 11 is 0. The Hall–Kier alpha value is -1.26. The molecule has 0 aromatic heterocycles. The van der Waals surface area contributed by atoms with Gasteiger partial charge < -0.3 is 20.1 Å². The van der Waals surface area contributed by atoms with E-state index in [-0.39, 0.29) is 12.1 Å². The van der Waals surface area contributed by atoms with E-state index in [9.17, 15) is 5.11 Å². The van der Waals surface area contributed by atoms with E-state index in [0.29, 0.717) is 0 Å². The number of nitrogens with one attached hydrogen (secondary N) is 1. The van der Waals surface area contributed by atoms with E-state index in [1.54, 1.807) is 7.11 Å². The normalized spacial score (nSPS) is 13.8. The number of nitrogens with zero attached hydrogens (tertiary/aromatic N) is 1. The molecule has 0 heterocycles. The lowest BCUT2D eigenvalue weighted by molar-refractivity contribution is 0.164. The molecular formula is C17H30N2O2. The standard InChI is InChI=1S/C17H30N2O2/c1-5-12-18-17(2,14-20)11-8-13-19(3)15-9-6-7-10-16(15)21-4/h6-7,9-10,18,20H,5,8,11-14H2,1-4H3. The highest BCUT2D eigenvalue weighted by atomic mass is 16.5. The van der Waals surface area contributed by atoms with Gasteiger partial charge in [-0.25, -0.2) is 0 Å². The van der Waals surface area contributed by atoms with Crippen LogP contribution in [0.25, 0.3) is 0 Å². The molecule has 4 nitrogen and oxygen atoms in total. The van der Waals surface area contributed by atoms with Crippen LogP contribution in [0.4, 0.5) is 5.69 Å². The number of anilines is 1. The molecule has 2 N–H and O–H groups in total. The summed E-state index contributed by atoms with van der Waals surface area (Å²) < 4.78 is 5.39. The van der Waals surface area contributed by atoms with E-state index in [0.717, 1.165) is 43.8 Å². The highest BCUT2D eigenvalue weighted by Gasteiger charge is 2.21. The van der Waals surface area contributed by atoms with E-state index < -0.39 is 0 Å². The second kappa shape index (κ2) is 8.90. The lowest BCUT2D eigenvalue weighted by atomic mass is 9.96. The molecular weight excluding hydrogens is 264 g/mol. The van der Waals surface area contributed by atoms with Crippen LogP contribution in [-0.2, 0) is 0 Å². The molecule has 1 rings (SSSR count). The second-order valence-electron chi connectivity index (χ2n) is 5.84. The Bertz CT molecular complexity index is 412. The lowest BCUT2D eigenvalue weighted by Gasteiger charge is -2.30. The van der Waals surface area contributed by atoms with Gasteiger partial charge in [-0.3, -0.25) is 0 Å². The van der Waals surface area contributed by atoms with Crippen molar-refractivity contribution in [1.29, 1.82) is 0 Å². The van der Waals surface area contributed by atoms with Gasteiger partial charge in [0.15, 0.2) is 0 Å². The third-order valence-electron chi connectivity index (χ3n) is 3.87. The third-order valence-corrected chi connectivity index (χ3v) is 3.87. The SMILES string of the molecule is CCCNC(C)(CO)CCCN(C)c1ccccc1OC. The molecule has 0 aliphatic heterocycles. The van der Waals surface area contributed by atoms with Crippen LogP contribution >= 0.6 is 0 Å². The lowest BCUT2D eigenvalue weighted by Crippen LogP contribution is -2.46. The average Bonchev–Trinajstić information content (AvgIpc) is 2.52. The van der Waals surface area contributed by atoms with E-state index in [1.165, 1.54) is 0 Å². The maximum atomic E-state index is 9.58. The number of para-hydroxylation sites is 2. The summed E-state index contributed by atoms with van der Waals surface area (Å²) in [5.41, 5.74) is 0.921. The fourth-order valence-electron chi connectivity index (χ4n) is 2.42. The number of methoxy groups -OCH3 is 1. The second-order valence-corrected chi connectivity index (χ2v) is 5.84. The van der Waals surface area contributed by atoms with Gasteiger partial charge in [0.2, 0.25) is 0 Å². The first kappa shape index (κ1) is 17.8. The summed E-state index contributed by atoms with van der Waals surface area (Å²) in [6.45, 7) is 6.28. The van der Waals surface area contributed by atoms with Gasteiger partial charge in [0.25, 0.3) is 0 Å². The topological polar surface area (TPSA) is 44.7 Å². The number of rotatable bonds is 10. The smallest absolute Gasteiger partial charge is 0.142 e. The minimum atomic E-state index is -0.183. The van der Waals surface area contributed by atoms with Gasteiger partial charge in [0.05, 0.1) is 19.4 Å². The minimum absolute atomic E-state index is 0.172. The van der Waals surface area contributed by atoms with Crippen molar-refractivity contribution in [2.45, 2.75) is 38.6 Å². The molecule has 1 atom stereocenters. The zero-order chi connectivity index (χ0) is 15.7. The predicted octanol–water partition coefficient (Wildman–Crippen LogP) is 2.66. The third kappa shape index (κ3) is 5.56. The number of benzene rings is 1. The minimum Gasteiger partial charge on any atom is -0.495 e. The average molecular weight is 294 g/mol. The van der Waals surface area contributed by atoms with Gasteiger partial charge in [-0.05, 0) is 44.9 Å². The Morgan fingerprint density at radius 3 is 2.67 bits per heavy atom. The first-order valence-corrected chi connectivity index (χ1v) is 7.76. The maximum absolute atomic E-state index is 9.58. The predicted molar refractivity (Wildman–Crippen MR) is 89.3 cm³/mol. The molecule has 0 bridgehead atoms. The van der Waals surface area contributed by atoms with Crippen LogP contribution in [-0.4, -0.2) is 44.5 Å². The van der Waals surface area contributed by atoms with Crippen molar-refractivity contribution < 1.29 is 9.84 Å². The highest BCUT2D eigenvalue weighted by Crippen LogP contribution is 2.27. The van der Waals surface area contributed by atoms with Gasteiger partial charge in [-0.1, -0.05) is 19.1 Å². The van der Waals surface area contributed by atoms with Crippen molar-refractivity contribution in [3.05, 3.63) is 24.3 Å². The maximum Gasteiger partial charge on any atom is 0.142 e. The molecule has 1 aromatic rings.